The number of likely N-dealkylation sites (tertiary alicyclic amines) is 2. The van der Waals surface area contributed by atoms with Crippen LogP contribution in [0.25, 0.3) is 0 Å². The molecule has 4 rings (SSSR count). The van der Waals surface area contributed by atoms with Gasteiger partial charge in [-0.3, -0.25) is 9.59 Å². The Balaban J connectivity index is 1.32. The van der Waals surface area contributed by atoms with E-state index >= 15 is 0 Å². The highest BCUT2D eigenvalue weighted by Gasteiger charge is 2.42. The predicted octanol–water partition coefficient (Wildman–Crippen LogP) is 2.57. The number of rotatable bonds is 3. The van der Waals surface area contributed by atoms with Crippen LogP contribution in [0, 0.1) is 5.92 Å². The highest BCUT2D eigenvalue weighted by Crippen LogP contribution is 2.33. The summed E-state index contributed by atoms with van der Waals surface area (Å²) in [6.07, 6.45) is 2.79. The van der Waals surface area contributed by atoms with Crippen LogP contribution in [0.5, 0.6) is 5.75 Å². The van der Waals surface area contributed by atoms with Gasteiger partial charge in [0.2, 0.25) is 5.91 Å². The monoisotopic (exact) mass is 422 g/mol. The molecule has 0 unspecified atom stereocenters. The van der Waals surface area contributed by atoms with Crippen LogP contribution >= 0.6 is 11.6 Å². The van der Waals surface area contributed by atoms with Gasteiger partial charge >= 0.3 is 0 Å². The largest absolute Gasteiger partial charge is 0.496 e. The summed E-state index contributed by atoms with van der Waals surface area (Å²) in [6.45, 7) is 3.70. The number of carbonyl (C=O) groups is 2. The van der Waals surface area contributed by atoms with E-state index in [2.05, 4.69) is 0 Å². The van der Waals surface area contributed by atoms with Crippen LogP contribution < -0.4 is 4.74 Å². The molecule has 0 atom stereocenters. The Bertz CT molecular complexity index is 762. The van der Waals surface area contributed by atoms with E-state index in [9.17, 15) is 9.59 Å². The van der Waals surface area contributed by atoms with Crippen LogP contribution in [0.15, 0.2) is 18.2 Å². The SMILES string of the molecule is COc1ccc(Cl)cc1C(=O)N1CCC(C(=O)N2CCC3(CC2)OCCO3)CC1. The smallest absolute Gasteiger partial charge is 0.257 e. The first-order valence-electron chi connectivity index (χ1n) is 10.2. The summed E-state index contributed by atoms with van der Waals surface area (Å²) in [5, 5.41) is 0.498. The molecule has 3 aliphatic rings. The van der Waals surface area contributed by atoms with E-state index < -0.39 is 5.79 Å². The fourth-order valence-corrected chi connectivity index (χ4v) is 4.63. The Morgan fingerprint density at radius 3 is 2.34 bits per heavy atom. The number of amides is 2. The van der Waals surface area contributed by atoms with E-state index in [1.807, 2.05) is 4.90 Å². The van der Waals surface area contributed by atoms with E-state index in [0.717, 1.165) is 12.8 Å². The molecular formula is C21H27ClN2O5. The Kier molecular flexibility index (Phi) is 5.99. The molecule has 0 bridgehead atoms. The Hall–Kier alpha value is -1.83. The first kappa shape index (κ1) is 20.4. The highest BCUT2D eigenvalue weighted by molar-refractivity contribution is 6.31. The quantitative estimate of drug-likeness (QED) is 0.748. The second-order valence-electron chi connectivity index (χ2n) is 7.84. The van der Waals surface area contributed by atoms with Gasteiger partial charge in [-0.2, -0.15) is 0 Å². The lowest BCUT2D eigenvalue weighted by Gasteiger charge is -2.40. The third kappa shape index (κ3) is 4.22. The molecule has 158 valence electrons. The van der Waals surface area contributed by atoms with Gasteiger partial charge < -0.3 is 24.0 Å². The average Bonchev–Trinajstić information content (AvgIpc) is 3.21. The summed E-state index contributed by atoms with van der Waals surface area (Å²) in [5.74, 6) is 0.0784. The minimum absolute atomic E-state index is 0.0419. The zero-order chi connectivity index (χ0) is 20.4. The molecule has 0 aromatic heterocycles. The summed E-state index contributed by atoms with van der Waals surface area (Å²) in [5.41, 5.74) is 0.461. The normalized spacial score (nSPS) is 22.1. The van der Waals surface area contributed by atoms with Gasteiger partial charge in [-0.15, -0.1) is 0 Å². The van der Waals surface area contributed by atoms with Gasteiger partial charge in [0.1, 0.15) is 5.75 Å². The van der Waals surface area contributed by atoms with E-state index in [-0.39, 0.29) is 17.7 Å². The molecule has 3 aliphatic heterocycles. The van der Waals surface area contributed by atoms with Gasteiger partial charge in [0.25, 0.3) is 5.91 Å². The van der Waals surface area contributed by atoms with Crippen LogP contribution in [0.4, 0.5) is 0 Å². The lowest BCUT2D eigenvalue weighted by Crippen LogP contribution is -2.50. The van der Waals surface area contributed by atoms with Crippen molar-refractivity contribution in [2.24, 2.45) is 5.92 Å². The number of halogens is 1. The maximum atomic E-state index is 13.0. The van der Waals surface area contributed by atoms with E-state index in [4.69, 9.17) is 25.8 Å². The van der Waals surface area contributed by atoms with Crippen LogP contribution in [-0.2, 0) is 14.3 Å². The summed E-state index contributed by atoms with van der Waals surface area (Å²) >= 11 is 6.06. The molecule has 3 heterocycles. The fourth-order valence-electron chi connectivity index (χ4n) is 4.46. The first-order valence-corrected chi connectivity index (χ1v) is 10.6. The van der Waals surface area contributed by atoms with Gasteiger partial charge in [0.05, 0.1) is 25.9 Å². The molecule has 2 amide bonds. The van der Waals surface area contributed by atoms with Crippen molar-refractivity contribution in [3.63, 3.8) is 0 Å². The second kappa shape index (κ2) is 8.50. The molecule has 0 aliphatic carbocycles. The number of ether oxygens (including phenoxy) is 3. The van der Waals surface area contributed by atoms with Crippen molar-refractivity contribution in [3.8, 4) is 5.75 Å². The van der Waals surface area contributed by atoms with Crippen molar-refractivity contribution < 1.29 is 23.8 Å². The van der Waals surface area contributed by atoms with Crippen molar-refractivity contribution in [1.82, 2.24) is 9.80 Å². The summed E-state index contributed by atoms with van der Waals surface area (Å²) in [6, 6.07) is 5.04. The lowest BCUT2D eigenvalue weighted by atomic mass is 9.93. The van der Waals surface area contributed by atoms with Gasteiger partial charge in [-0.25, -0.2) is 0 Å². The molecule has 0 radical (unpaired) electrons. The van der Waals surface area contributed by atoms with Gasteiger partial charge in [-0.1, -0.05) is 11.6 Å². The minimum Gasteiger partial charge on any atom is -0.496 e. The number of piperidine rings is 2. The summed E-state index contributed by atoms with van der Waals surface area (Å²) in [4.78, 5) is 29.6. The third-order valence-corrected chi connectivity index (χ3v) is 6.41. The summed E-state index contributed by atoms with van der Waals surface area (Å²) < 4.78 is 16.8. The molecule has 3 fully saturated rings. The van der Waals surface area contributed by atoms with Crippen LogP contribution in [0.3, 0.4) is 0 Å². The number of hydrogen-bond donors (Lipinski definition) is 0. The molecular weight excluding hydrogens is 396 g/mol. The maximum absolute atomic E-state index is 13.0. The highest BCUT2D eigenvalue weighted by atomic mass is 35.5. The molecule has 1 spiro atoms. The van der Waals surface area contributed by atoms with Crippen molar-refractivity contribution in [3.05, 3.63) is 28.8 Å². The third-order valence-electron chi connectivity index (χ3n) is 6.17. The van der Waals surface area contributed by atoms with Crippen LogP contribution in [-0.4, -0.2) is 73.9 Å². The van der Waals surface area contributed by atoms with Crippen molar-refractivity contribution in [1.29, 1.82) is 0 Å². The Morgan fingerprint density at radius 2 is 1.72 bits per heavy atom. The molecule has 7 nitrogen and oxygen atoms in total. The number of methoxy groups -OCH3 is 1. The molecule has 8 heteroatoms. The molecule has 1 aromatic carbocycles. The van der Waals surface area contributed by atoms with E-state index in [1.165, 1.54) is 7.11 Å². The zero-order valence-electron chi connectivity index (χ0n) is 16.7. The number of carbonyl (C=O) groups excluding carboxylic acids is 2. The molecule has 0 N–H and O–H groups in total. The van der Waals surface area contributed by atoms with Crippen molar-refractivity contribution >= 4 is 23.4 Å². The average molecular weight is 423 g/mol. The molecule has 3 saturated heterocycles. The number of benzene rings is 1. The minimum atomic E-state index is -0.470. The maximum Gasteiger partial charge on any atom is 0.257 e. The van der Waals surface area contributed by atoms with Gasteiger partial charge in [0, 0.05) is 50.0 Å². The molecule has 1 aromatic rings. The summed E-state index contributed by atoms with van der Waals surface area (Å²) in [7, 11) is 1.54. The first-order chi connectivity index (χ1) is 14.0. The van der Waals surface area contributed by atoms with Crippen molar-refractivity contribution in [2.45, 2.75) is 31.5 Å². The van der Waals surface area contributed by atoms with Crippen molar-refractivity contribution in [2.75, 3.05) is 46.5 Å². The zero-order valence-corrected chi connectivity index (χ0v) is 17.5. The fraction of sp³-hybridized carbons (Fsp3) is 0.619. The van der Waals surface area contributed by atoms with Crippen LogP contribution in [0.1, 0.15) is 36.0 Å². The molecule has 0 saturated carbocycles. The van der Waals surface area contributed by atoms with E-state index in [1.54, 1.807) is 23.1 Å². The van der Waals surface area contributed by atoms with Gasteiger partial charge in [0.15, 0.2) is 5.79 Å². The molecule has 29 heavy (non-hydrogen) atoms. The number of hydrogen-bond acceptors (Lipinski definition) is 5. The van der Waals surface area contributed by atoms with E-state index in [0.29, 0.717) is 68.6 Å². The Morgan fingerprint density at radius 1 is 1.07 bits per heavy atom. The Labute approximate surface area is 175 Å². The predicted molar refractivity (Wildman–Crippen MR) is 107 cm³/mol. The number of nitrogens with zero attached hydrogens (tertiary/aromatic N) is 2. The lowest BCUT2D eigenvalue weighted by molar-refractivity contribution is -0.188. The van der Waals surface area contributed by atoms with Gasteiger partial charge in [-0.05, 0) is 31.0 Å². The second-order valence-corrected chi connectivity index (χ2v) is 8.28. The topological polar surface area (TPSA) is 68.3 Å². The van der Waals surface area contributed by atoms with Crippen LogP contribution in [0.2, 0.25) is 5.02 Å². The standard InChI is InChI=1S/C21H27ClN2O5/c1-27-18-3-2-16(22)14-17(18)20(26)23-8-4-15(5-9-23)19(25)24-10-6-21(7-11-24)28-12-13-29-21/h2-3,14-15H,4-13H2,1H3.